The molecule has 9 heteroatoms. The van der Waals surface area contributed by atoms with Gasteiger partial charge < -0.3 is 10.3 Å². The topological polar surface area (TPSA) is 86.9 Å². The number of thiophene rings is 1. The maximum Gasteiger partial charge on any atom is 0.243 e. The molecule has 2 aromatic rings. The molecule has 0 aliphatic carbocycles. The number of imidazole rings is 1. The normalized spacial score (nSPS) is 13.5. The zero-order valence-electron chi connectivity index (χ0n) is 11.7. The molecule has 1 unspecified atom stereocenters. The number of halogens is 1. The Morgan fingerprint density at radius 2 is 2.29 bits per heavy atom. The Morgan fingerprint density at radius 1 is 1.52 bits per heavy atom. The Labute approximate surface area is 136 Å². The average Bonchev–Trinajstić information content (AvgIpc) is 3.06. The lowest BCUT2D eigenvalue weighted by atomic mass is 10.2. The standard InChI is InChI=1S/C12H17BrN4O2S2/c1-3-9(12-15-4-5-16-12)17-21(18,19)10-6-8(7-14-2)20-11(10)13/h4-6,9,14,17H,3,7H2,1-2H3,(H,15,16). The van der Waals surface area contributed by atoms with Crippen molar-refractivity contribution < 1.29 is 8.42 Å². The van der Waals surface area contributed by atoms with Crippen LogP contribution in [0, 0.1) is 0 Å². The SMILES string of the molecule is CCC(NS(=O)(=O)c1cc(CNC)sc1Br)c1ncc[nH]1. The first-order valence-electron chi connectivity index (χ1n) is 6.42. The molecule has 21 heavy (non-hydrogen) atoms. The second kappa shape index (κ2) is 7.01. The lowest BCUT2D eigenvalue weighted by molar-refractivity contribution is 0.539. The average molecular weight is 393 g/mol. The number of H-pyrrole nitrogens is 1. The maximum absolute atomic E-state index is 12.5. The highest BCUT2D eigenvalue weighted by molar-refractivity contribution is 9.11. The van der Waals surface area contributed by atoms with Crippen LogP contribution < -0.4 is 10.0 Å². The van der Waals surface area contributed by atoms with Gasteiger partial charge in [-0.05, 0) is 35.5 Å². The Morgan fingerprint density at radius 3 is 2.86 bits per heavy atom. The number of aromatic amines is 1. The van der Waals surface area contributed by atoms with Crippen molar-refractivity contribution in [2.75, 3.05) is 7.05 Å². The van der Waals surface area contributed by atoms with Gasteiger partial charge in [0.05, 0.1) is 9.83 Å². The van der Waals surface area contributed by atoms with Crippen LogP contribution in [0.2, 0.25) is 0 Å². The first kappa shape index (κ1) is 16.6. The summed E-state index contributed by atoms with van der Waals surface area (Å²) in [6.45, 7) is 2.54. The predicted octanol–water partition coefficient (Wildman–Crippen LogP) is 2.38. The van der Waals surface area contributed by atoms with Gasteiger partial charge in [0.25, 0.3) is 0 Å². The molecule has 0 amide bonds. The van der Waals surface area contributed by atoms with Gasteiger partial charge in [0.2, 0.25) is 10.0 Å². The van der Waals surface area contributed by atoms with Gasteiger partial charge in [-0.2, -0.15) is 0 Å². The molecule has 2 heterocycles. The Balaban J connectivity index is 2.25. The zero-order valence-corrected chi connectivity index (χ0v) is 14.9. The summed E-state index contributed by atoms with van der Waals surface area (Å²) in [7, 11) is -1.78. The number of nitrogens with zero attached hydrogens (tertiary/aromatic N) is 1. The number of hydrogen-bond donors (Lipinski definition) is 3. The van der Waals surface area contributed by atoms with Crippen LogP contribution in [0.4, 0.5) is 0 Å². The summed E-state index contributed by atoms with van der Waals surface area (Å²) in [4.78, 5) is 8.29. The van der Waals surface area contributed by atoms with Crippen LogP contribution >= 0.6 is 27.3 Å². The number of aromatic nitrogens is 2. The van der Waals surface area contributed by atoms with Crippen molar-refractivity contribution in [3.8, 4) is 0 Å². The minimum atomic E-state index is -3.60. The van der Waals surface area contributed by atoms with Crippen molar-refractivity contribution in [2.45, 2.75) is 30.8 Å². The summed E-state index contributed by atoms with van der Waals surface area (Å²) >= 11 is 4.74. The van der Waals surface area contributed by atoms with Crippen molar-refractivity contribution in [1.29, 1.82) is 0 Å². The third-order valence-corrected chi connectivity index (χ3v) is 6.63. The van der Waals surface area contributed by atoms with Gasteiger partial charge in [0, 0.05) is 23.8 Å². The van der Waals surface area contributed by atoms with Crippen molar-refractivity contribution in [3.05, 3.63) is 32.9 Å². The molecule has 116 valence electrons. The minimum absolute atomic E-state index is 0.266. The quantitative estimate of drug-likeness (QED) is 0.674. The molecular weight excluding hydrogens is 376 g/mol. The molecular formula is C12H17BrN4O2S2. The van der Waals surface area contributed by atoms with E-state index in [2.05, 4.69) is 35.9 Å². The highest BCUT2D eigenvalue weighted by atomic mass is 79.9. The van der Waals surface area contributed by atoms with Crippen LogP contribution in [-0.4, -0.2) is 25.4 Å². The molecule has 0 saturated carbocycles. The second-order valence-electron chi connectivity index (χ2n) is 4.44. The molecule has 2 rings (SSSR count). The molecule has 2 aromatic heterocycles. The Hall–Kier alpha value is -0.740. The van der Waals surface area contributed by atoms with Gasteiger partial charge >= 0.3 is 0 Å². The highest BCUT2D eigenvalue weighted by Crippen LogP contribution is 2.32. The van der Waals surface area contributed by atoms with E-state index in [4.69, 9.17) is 0 Å². The lowest BCUT2D eigenvalue weighted by Gasteiger charge is -2.14. The molecule has 0 spiro atoms. The minimum Gasteiger partial charge on any atom is -0.347 e. The van der Waals surface area contributed by atoms with E-state index in [-0.39, 0.29) is 10.9 Å². The van der Waals surface area contributed by atoms with Gasteiger partial charge in [-0.3, -0.25) is 0 Å². The fourth-order valence-corrected chi connectivity index (χ4v) is 5.87. The Kier molecular flexibility index (Phi) is 5.55. The summed E-state index contributed by atoms with van der Waals surface area (Å²) in [6.07, 6.45) is 3.90. The fourth-order valence-electron chi connectivity index (χ4n) is 1.89. The molecule has 0 aromatic carbocycles. The predicted molar refractivity (Wildman–Crippen MR) is 86.7 cm³/mol. The van der Waals surface area contributed by atoms with Crippen LogP contribution in [0.3, 0.4) is 0 Å². The number of sulfonamides is 1. The third-order valence-electron chi connectivity index (χ3n) is 2.90. The van der Waals surface area contributed by atoms with E-state index in [1.165, 1.54) is 11.3 Å². The van der Waals surface area contributed by atoms with Crippen molar-refractivity contribution in [2.24, 2.45) is 0 Å². The van der Waals surface area contributed by atoms with Crippen molar-refractivity contribution in [3.63, 3.8) is 0 Å². The molecule has 0 radical (unpaired) electrons. The molecule has 0 fully saturated rings. The zero-order chi connectivity index (χ0) is 15.5. The smallest absolute Gasteiger partial charge is 0.243 e. The number of rotatable bonds is 7. The summed E-state index contributed by atoms with van der Waals surface area (Å²) in [5, 5.41) is 3.01. The fraction of sp³-hybridized carbons (Fsp3) is 0.417. The molecule has 3 N–H and O–H groups in total. The van der Waals surface area contributed by atoms with E-state index in [1.807, 2.05) is 14.0 Å². The summed E-state index contributed by atoms with van der Waals surface area (Å²) in [5.41, 5.74) is 0. The van der Waals surface area contributed by atoms with Crippen LogP contribution in [0.25, 0.3) is 0 Å². The van der Waals surface area contributed by atoms with Crippen LogP contribution in [-0.2, 0) is 16.6 Å². The van der Waals surface area contributed by atoms with Gasteiger partial charge in [-0.15, -0.1) is 11.3 Å². The molecule has 0 aliphatic heterocycles. The van der Waals surface area contributed by atoms with Gasteiger partial charge in [-0.1, -0.05) is 6.92 Å². The van der Waals surface area contributed by atoms with Crippen LogP contribution in [0.15, 0.2) is 27.1 Å². The van der Waals surface area contributed by atoms with Gasteiger partial charge in [0.1, 0.15) is 10.7 Å². The lowest BCUT2D eigenvalue weighted by Crippen LogP contribution is -2.29. The summed E-state index contributed by atoms with van der Waals surface area (Å²) in [5.74, 6) is 0.614. The largest absolute Gasteiger partial charge is 0.347 e. The number of hydrogen-bond acceptors (Lipinski definition) is 5. The molecule has 1 atom stereocenters. The van der Waals surface area contributed by atoms with Gasteiger partial charge in [-0.25, -0.2) is 18.1 Å². The maximum atomic E-state index is 12.5. The van der Waals surface area contributed by atoms with E-state index in [9.17, 15) is 8.42 Å². The monoisotopic (exact) mass is 392 g/mol. The molecule has 6 nitrogen and oxygen atoms in total. The highest BCUT2D eigenvalue weighted by Gasteiger charge is 2.25. The Bertz CT molecular complexity index is 682. The van der Waals surface area contributed by atoms with Crippen LogP contribution in [0.1, 0.15) is 30.1 Å². The molecule has 0 bridgehead atoms. The molecule has 0 saturated heterocycles. The first-order valence-corrected chi connectivity index (χ1v) is 9.51. The van der Waals surface area contributed by atoms with Crippen LogP contribution in [0.5, 0.6) is 0 Å². The second-order valence-corrected chi connectivity index (χ2v) is 8.57. The van der Waals surface area contributed by atoms with E-state index < -0.39 is 10.0 Å². The van der Waals surface area contributed by atoms with Gasteiger partial charge in [0.15, 0.2) is 0 Å². The van der Waals surface area contributed by atoms with E-state index in [0.29, 0.717) is 22.6 Å². The van der Waals surface area contributed by atoms with E-state index in [0.717, 1.165) is 4.88 Å². The number of nitrogens with one attached hydrogen (secondary N) is 3. The first-order chi connectivity index (χ1) is 9.97. The summed E-state index contributed by atoms with van der Waals surface area (Å²) in [6, 6.07) is 1.31. The van der Waals surface area contributed by atoms with Crippen molar-refractivity contribution >= 4 is 37.3 Å². The molecule has 0 aliphatic rings. The third kappa shape index (κ3) is 3.92. The van der Waals surface area contributed by atoms with E-state index >= 15 is 0 Å². The summed E-state index contributed by atoms with van der Waals surface area (Å²) < 4.78 is 28.4. The van der Waals surface area contributed by atoms with Crippen molar-refractivity contribution in [1.82, 2.24) is 20.0 Å². The van der Waals surface area contributed by atoms with E-state index in [1.54, 1.807) is 18.5 Å².